The summed E-state index contributed by atoms with van der Waals surface area (Å²) >= 11 is 5.71. The van der Waals surface area contributed by atoms with Crippen LogP contribution in [0.4, 0.5) is 15.8 Å². The van der Waals surface area contributed by atoms with Crippen LogP contribution in [0.2, 0.25) is 5.02 Å². The number of amides is 1. The van der Waals surface area contributed by atoms with E-state index < -0.39 is 34.9 Å². The molecule has 2 aromatic carbocycles. The van der Waals surface area contributed by atoms with Gasteiger partial charge < -0.3 is 10.1 Å². The Morgan fingerprint density at radius 3 is 2.64 bits per heavy atom. The third-order valence-electron chi connectivity index (χ3n) is 3.11. The fourth-order valence-electron chi connectivity index (χ4n) is 1.95. The predicted molar refractivity (Wildman–Crippen MR) is 88.2 cm³/mol. The standard InChI is InChI=1S/C16H12ClFN2O5/c1-9-2-4-13(12(18)6-9)19-15(21)8-25-16(22)11-7-10(17)3-5-14(11)20(23)24/h2-7H,8H2,1H3,(H,19,21). The summed E-state index contributed by atoms with van der Waals surface area (Å²) in [6.07, 6.45) is 0. The lowest BCUT2D eigenvalue weighted by Gasteiger charge is -2.08. The van der Waals surface area contributed by atoms with Gasteiger partial charge in [0.2, 0.25) is 0 Å². The number of nitro groups is 1. The van der Waals surface area contributed by atoms with Crippen molar-refractivity contribution in [3.05, 3.63) is 68.5 Å². The lowest BCUT2D eigenvalue weighted by atomic mass is 10.2. The largest absolute Gasteiger partial charge is 0.452 e. The Morgan fingerprint density at radius 2 is 2.00 bits per heavy atom. The molecule has 0 fully saturated rings. The molecule has 2 rings (SSSR count). The van der Waals surface area contributed by atoms with Crippen LogP contribution in [0.3, 0.4) is 0 Å². The molecule has 0 saturated carbocycles. The second-order valence-corrected chi connectivity index (χ2v) is 5.46. The molecule has 0 aliphatic rings. The zero-order valence-corrected chi connectivity index (χ0v) is 13.7. The normalized spacial score (nSPS) is 10.2. The number of nitrogens with zero attached hydrogens (tertiary/aromatic N) is 1. The van der Waals surface area contributed by atoms with E-state index >= 15 is 0 Å². The van der Waals surface area contributed by atoms with Crippen molar-refractivity contribution >= 4 is 34.9 Å². The molecule has 7 nitrogen and oxygen atoms in total. The number of anilines is 1. The molecule has 0 aliphatic heterocycles. The molecule has 130 valence electrons. The van der Waals surface area contributed by atoms with E-state index in [-0.39, 0.29) is 16.3 Å². The molecule has 0 aromatic heterocycles. The highest BCUT2D eigenvalue weighted by molar-refractivity contribution is 6.31. The van der Waals surface area contributed by atoms with Crippen LogP contribution in [0.5, 0.6) is 0 Å². The highest BCUT2D eigenvalue weighted by Crippen LogP contribution is 2.23. The second-order valence-electron chi connectivity index (χ2n) is 5.03. The summed E-state index contributed by atoms with van der Waals surface area (Å²) in [4.78, 5) is 33.9. The van der Waals surface area contributed by atoms with Gasteiger partial charge in [-0.05, 0) is 36.8 Å². The Labute approximate surface area is 146 Å². The monoisotopic (exact) mass is 366 g/mol. The Balaban J connectivity index is 2.03. The molecule has 0 radical (unpaired) electrons. The third-order valence-corrected chi connectivity index (χ3v) is 3.34. The molecular weight excluding hydrogens is 355 g/mol. The third kappa shape index (κ3) is 4.74. The number of nitro benzene ring substituents is 1. The minimum Gasteiger partial charge on any atom is -0.452 e. The number of benzene rings is 2. The number of esters is 1. The SMILES string of the molecule is Cc1ccc(NC(=O)COC(=O)c2cc(Cl)ccc2[N+](=O)[O-])c(F)c1. The molecule has 0 atom stereocenters. The van der Waals surface area contributed by atoms with Gasteiger partial charge in [-0.15, -0.1) is 0 Å². The molecule has 0 unspecified atom stereocenters. The van der Waals surface area contributed by atoms with E-state index in [1.54, 1.807) is 13.0 Å². The Morgan fingerprint density at radius 1 is 1.28 bits per heavy atom. The molecule has 0 spiro atoms. The number of carbonyl (C=O) groups is 2. The second kappa shape index (κ2) is 7.71. The average Bonchev–Trinajstić information content (AvgIpc) is 2.54. The van der Waals surface area contributed by atoms with Crippen molar-refractivity contribution in [2.45, 2.75) is 6.92 Å². The molecule has 1 N–H and O–H groups in total. The number of rotatable bonds is 5. The summed E-state index contributed by atoms with van der Waals surface area (Å²) in [6.45, 7) is 0.949. The lowest BCUT2D eigenvalue weighted by molar-refractivity contribution is -0.385. The van der Waals surface area contributed by atoms with Gasteiger partial charge in [0, 0.05) is 11.1 Å². The highest BCUT2D eigenvalue weighted by atomic mass is 35.5. The first-order chi connectivity index (χ1) is 11.8. The van der Waals surface area contributed by atoms with Crippen LogP contribution in [0.25, 0.3) is 0 Å². The average molecular weight is 367 g/mol. The summed E-state index contributed by atoms with van der Waals surface area (Å²) in [5.41, 5.74) is -0.276. The van der Waals surface area contributed by atoms with Crippen molar-refractivity contribution in [3.8, 4) is 0 Å². The molecule has 0 bridgehead atoms. The molecule has 2 aromatic rings. The first-order valence-corrected chi connectivity index (χ1v) is 7.33. The van der Waals surface area contributed by atoms with Gasteiger partial charge >= 0.3 is 5.97 Å². The van der Waals surface area contributed by atoms with Gasteiger partial charge in [0.1, 0.15) is 11.4 Å². The number of nitrogens with one attached hydrogen (secondary N) is 1. The molecule has 1 amide bonds. The molecule has 0 aliphatic carbocycles. The Kier molecular flexibility index (Phi) is 5.66. The maximum atomic E-state index is 13.6. The van der Waals surface area contributed by atoms with Gasteiger partial charge in [0.15, 0.2) is 6.61 Å². The zero-order chi connectivity index (χ0) is 18.6. The van der Waals surface area contributed by atoms with Crippen LogP contribution in [0.15, 0.2) is 36.4 Å². The van der Waals surface area contributed by atoms with Gasteiger partial charge in [-0.25, -0.2) is 9.18 Å². The van der Waals surface area contributed by atoms with Crippen LogP contribution in [0.1, 0.15) is 15.9 Å². The zero-order valence-electron chi connectivity index (χ0n) is 12.9. The molecule has 9 heteroatoms. The van der Waals surface area contributed by atoms with Crippen molar-refractivity contribution in [2.24, 2.45) is 0 Å². The van der Waals surface area contributed by atoms with Crippen LogP contribution >= 0.6 is 11.6 Å². The fourth-order valence-corrected chi connectivity index (χ4v) is 2.12. The fraction of sp³-hybridized carbons (Fsp3) is 0.125. The number of ether oxygens (including phenoxy) is 1. The van der Waals surface area contributed by atoms with Crippen LogP contribution in [0, 0.1) is 22.9 Å². The molecule has 0 heterocycles. The number of halogens is 2. The van der Waals surface area contributed by atoms with Gasteiger partial charge in [-0.3, -0.25) is 14.9 Å². The quantitative estimate of drug-likeness (QED) is 0.496. The first-order valence-electron chi connectivity index (χ1n) is 6.95. The van der Waals surface area contributed by atoms with Crippen molar-refractivity contribution in [1.82, 2.24) is 0 Å². The number of aryl methyl sites for hydroxylation is 1. The number of carbonyl (C=O) groups excluding carboxylic acids is 2. The summed E-state index contributed by atoms with van der Waals surface area (Å²) in [5.74, 6) is -2.51. The van der Waals surface area contributed by atoms with Crippen molar-refractivity contribution in [1.29, 1.82) is 0 Å². The Hall–Kier alpha value is -3.00. The van der Waals surface area contributed by atoms with Gasteiger partial charge in [0.25, 0.3) is 11.6 Å². The summed E-state index contributed by atoms with van der Waals surface area (Å²) < 4.78 is 18.4. The van der Waals surface area contributed by atoms with Crippen molar-refractivity contribution < 1.29 is 23.6 Å². The molecular formula is C16H12ClFN2O5. The topological polar surface area (TPSA) is 98.5 Å². The van der Waals surface area contributed by atoms with Gasteiger partial charge in [-0.1, -0.05) is 17.7 Å². The predicted octanol–water partition coefficient (Wildman–Crippen LogP) is 3.49. The summed E-state index contributed by atoms with van der Waals surface area (Å²) in [7, 11) is 0. The highest BCUT2D eigenvalue weighted by Gasteiger charge is 2.22. The number of hydrogen-bond donors (Lipinski definition) is 1. The van der Waals surface area contributed by atoms with Crippen molar-refractivity contribution in [3.63, 3.8) is 0 Å². The summed E-state index contributed by atoms with van der Waals surface area (Å²) in [5, 5.41) is 13.3. The molecule has 25 heavy (non-hydrogen) atoms. The van der Waals surface area contributed by atoms with Crippen molar-refractivity contribution in [2.75, 3.05) is 11.9 Å². The van der Waals surface area contributed by atoms with Gasteiger partial charge in [0.05, 0.1) is 10.6 Å². The maximum Gasteiger partial charge on any atom is 0.345 e. The van der Waals surface area contributed by atoms with Crippen LogP contribution < -0.4 is 5.32 Å². The summed E-state index contributed by atoms with van der Waals surface area (Å²) in [6, 6.07) is 7.58. The van der Waals surface area contributed by atoms with E-state index in [2.05, 4.69) is 5.32 Å². The maximum absolute atomic E-state index is 13.6. The van der Waals surface area contributed by atoms with E-state index in [1.807, 2.05) is 0 Å². The van der Waals surface area contributed by atoms with E-state index in [9.17, 15) is 24.1 Å². The molecule has 0 saturated heterocycles. The minimum atomic E-state index is -1.09. The van der Waals surface area contributed by atoms with Crippen LogP contribution in [-0.4, -0.2) is 23.4 Å². The van der Waals surface area contributed by atoms with E-state index in [4.69, 9.17) is 16.3 Å². The van der Waals surface area contributed by atoms with Crippen LogP contribution in [-0.2, 0) is 9.53 Å². The number of hydrogen-bond acceptors (Lipinski definition) is 5. The van der Waals surface area contributed by atoms with Gasteiger partial charge in [-0.2, -0.15) is 0 Å². The lowest BCUT2D eigenvalue weighted by Crippen LogP contribution is -2.21. The van der Waals surface area contributed by atoms with E-state index in [0.717, 1.165) is 12.1 Å². The smallest absolute Gasteiger partial charge is 0.345 e. The first kappa shape index (κ1) is 18.3. The Bertz CT molecular complexity index is 856. The van der Waals surface area contributed by atoms with E-state index in [0.29, 0.717) is 5.56 Å². The van der Waals surface area contributed by atoms with E-state index in [1.165, 1.54) is 18.2 Å². The minimum absolute atomic E-state index is 0.0691.